The quantitative estimate of drug-likeness (QED) is 0.0195. The molecule has 0 aromatic rings. The standard InChI is InChI=1S/C78H143NO10/c1-4-7-10-13-16-19-22-24-26-28-30-32-34-36-38-40-42-44-46-48-51-54-57-60-63-66-73(83)89-76-75(85)74(84)72(67-80)88-78(76)87-68-69(70(81)64-61-58-55-52-49-21-18-15-12-9-6-3)79-77(86)71(82)65-62-59-56-53-50-47-45-43-41-39-37-35-33-31-29-27-25-23-20-17-14-11-8-5-2/h17,20,25,27,31,33,37,39,61,64,69-72,74-76,78,80-82,84-85H,4-16,18-19,21-24,26,28-30,32,34-36,38,40-60,62-63,65-68H2,1-3H3,(H,79,86)/b20-17-,27-25-,33-31-,39-37-,64-61+. The topological polar surface area (TPSA) is 175 Å². The van der Waals surface area contributed by atoms with Gasteiger partial charge >= 0.3 is 5.97 Å². The van der Waals surface area contributed by atoms with Gasteiger partial charge in [0.15, 0.2) is 12.4 Å². The average molecular weight is 1250 g/mol. The average Bonchev–Trinajstić information content (AvgIpc) is 3.72. The number of hydrogen-bond acceptors (Lipinski definition) is 10. The smallest absolute Gasteiger partial charge is 0.306 e. The minimum absolute atomic E-state index is 0.127. The Hall–Kier alpha value is -2.64. The Bertz CT molecular complexity index is 1680. The SMILES string of the molecule is CCCCC/C=C\C/C=C\C/C=C\C/C=C\CCCCCCCCCCC(O)C(=O)NC(COC1OC(CO)C(O)C(O)C1OC(=O)CCCCCCCCCCCCCCCCCCCCCCCCCCC)C(O)/C=C/CCCCCCCCCCC. The van der Waals surface area contributed by atoms with Crippen LogP contribution >= 0.6 is 0 Å². The summed E-state index contributed by atoms with van der Waals surface area (Å²) in [5.74, 6) is -1.19. The van der Waals surface area contributed by atoms with Crippen molar-refractivity contribution < 1.29 is 49.3 Å². The van der Waals surface area contributed by atoms with Gasteiger partial charge in [0.1, 0.15) is 24.4 Å². The Balaban J connectivity index is 2.51. The fourth-order valence-corrected chi connectivity index (χ4v) is 11.9. The molecule has 0 spiro atoms. The molecular weight excluding hydrogens is 1110 g/mol. The van der Waals surface area contributed by atoms with Crippen molar-refractivity contribution in [1.29, 1.82) is 0 Å². The number of aliphatic hydroxyl groups is 5. The summed E-state index contributed by atoms with van der Waals surface area (Å²) in [6.45, 7) is 5.81. The van der Waals surface area contributed by atoms with E-state index in [1.165, 1.54) is 231 Å². The third kappa shape index (κ3) is 52.4. The van der Waals surface area contributed by atoms with Crippen LogP contribution in [0.3, 0.4) is 0 Å². The zero-order valence-corrected chi connectivity index (χ0v) is 58.1. The molecule has 1 saturated heterocycles. The van der Waals surface area contributed by atoms with Gasteiger partial charge in [-0.15, -0.1) is 0 Å². The molecule has 0 bridgehead atoms. The van der Waals surface area contributed by atoms with E-state index in [-0.39, 0.29) is 19.4 Å². The van der Waals surface area contributed by atoms with Crippen LogP contribution in [0.25, 0.3) is 0 Å². The lowest BCUT2D eigenvalue weighted by atomic mass is 9.99. The number of esters is 1. The molecule has 1 aliphatic rings. The Kier molecular flexibility index (Phi) is 62.0. The minimum Gasteiger partial charge on any atom is -0.454 e. The second-order valence-electron chi connectivity index (χ2n) is 26.4. The van der Waals surface area contributed by atoms with E-state index in [1.54, 1.807) is 6.08 Å². The predicted molar refractivity (Wildman–Crippen MR) is 375 cm³/mol. The lowest BCUT2D eigenvalue weighted by Gasteiger charge is -2.41. The van der Waals surface area contributed by atoms with Crippen LogP contribution in [0.2, 0.25) is 0 Å². The van der Waals surface area contributed by atoms with Crippen LogP contribution in [-0.2, 0) is 23.8 Å². The fraction of sp³-hybridized carbons (Fsp3) is 0.846. The number of unbranched alkanes of at least 4 members (excludes halogenated alkanes) is 44. The normalized spacial score (nSPS) is 18.4. The van der Waals surface area contributed by atoms with Gasteiger partial charge in [-0.05, 0) is 70.6 Å². The Morgan fingerprint density at radius 1 is 0.438 bits per heavy atom. The number of rotatable bonds is 66. The Morgan fingerprint density at radius 3 is 1.18 bits per heavy atom. The van der Waals surface area contributed by atoms with Gasteiger partial charge in [0, 0.05) is 6.42 Å². The first kappa shape index (κ1) is 84.4. The van der Waals surface area contributed by atoms with Crippen LogP contribution in [0.4, 0.5) is 0 Å². The number of amides is 1. The van der Waals surface area contributed by atoms with E-state index in [1.807, 2.05) is 6.08 Å². The molecule has 520 valence electrons. The number of aliphatic hydroxyl groups excluding tert-OH is 5. The van der Waals surface area contributed by atoms with E-state index in [4.69, 9.17) is 14.2 Å². The van der Waals surface area contributed by atoms with Crippen molar-refractivity contribution in [3.05, 3.63) is 60.8 Å². The van der Waals surface area contributed by atoms with Gasteiger partial charge in [0.05, 0.1) is 25.4 Å². The van der Waals surface area contributed by atoms with E-state index >= 15 is 0 Å². The highest BCUT2D eigenvalue weighted by Crippen LogP contribution is 2.27. The summed E-state index contributed by atoms with van der Waals surface area (Å²) < 4.78 is 17.7. The van der Waals surface area contributed by atoms with Crippen LogP contribution in [0.15, 0.2) is 60.8 Å². The third-order valence-electron chi connectivity index (χ3n) is 17.9. The number of carbonyl (C=O) groups is 2. The zero-order chi connectivity index (χ0) is 64.6. The molecule has 89 heavy (non-hydrogen) atoms. The first-order chi connectivity index (χ1) is 43.7. The molecule has 1 fully saturated rings. The van der Waals surface area contributed by atoms with Crippen molar-refractivity contribution in [3.63, 3.8) is 0 Å². The first-order valence-electron chi connectivity index (χ1n) is 38.1. The molecule has 0 saturated carbocycles. The lowest BCUT2D eigenvalue weighted by Crippen LogP contribution is -2.61. The maximum Gasteiger partial charge on any atom is 0.306 e. The molecule has 0 aromatic carbocycles. The molecule has 11 heteroatoms. The molecule has 0 aliphatic carbocycles. The maximum atomic E-state index is 13.5. The fourth-order valence-electron chi connectivity index (χ4n) is 11.9. The van der Waals surface area contributed by atoms with E-state index in [9.17, 15) is 35.1 Å². The largest absolute Gasteiger partial charge is 0.454 e. The van der Waals surface area contributed by atoms with Crippen molar-refractivity contribution in [2.45, 2.75) is 410 Å². The number of allylic oxidation sites excluding steroid dienone is 9. The van der Waals surface area contributed by atoms with Crippen LogP contribution in [0.5, 0.6) is 0 Å². The lowest BCUT2D eigenvalue weighted by molar-refractivity contribution is -0.305. The highest BCUT2D eigenvalue weighted by atomic mass is 16.7. The summed E-state index contributed by atoms with van der Waals surface area (Å²) in [4.78, 5) is 26.7. The molecule has 0 radical (unpaired) electrons. The molecule has 1 heterocycles. The van der Waals surface area contributed by atoms with Gasteiger partial charge in [0.2, 0.25) is 5.91 Å². The molecule has 1 amide bonds. The molecule has 6 N–H and O–H groups in total. The van der Waals surface area contributed by atoms with Crippen molar-refractivity contribution in [2.24, 2.45) is 0 Å². The van der Waals surface area contributed by atoms with Gasteiger partial charge in [-0.25, -0.2) is 0 Å². The van der Waals surface area contributed by atoms with E-state index < -0.39 is 67.4 Å². The van der Waals surface area contributed by atoms with Gasteiger partial charge in [-0.3, -0.25) is 9.59 Å². The van der Waals surface area contributed by atoms with Crippen LogP contribution in [0.1, 0.15) is 361 Å². The molecule has 8 unspecified atom stereocenters. The van der Waals surface area contributed by atoms with Gasteiger partial charge in [-0.2, -0.15) is 0 Å². The van der Waals surface area contributed by atoms with E-state index in [0.29, 0.717) is 12.8 Å². The number of hydrogen-bond donors (Lipinski definition) is 6. The Morgan fingerprint density at radius 2 is 0.775 bits per heavy atom. The second kappa shape index (κ2) is 65.4. The molecular formula is C78H143NO10. The van der Waals surface area contributed by atoms with Crippen LogP contribution in [0, 0.1) is 0 Å². The van der Waals surface area contributed by atoms with Crippen molar-refractivity contribution in [1.82, 2.24) is 5.32 Å². The summed E-state index contributed by atoms with van der Waals surface area (Å²) >= 11 is 0. The second-order valence-corrected chi connectivity index (χ2v) is 26.4. The van der Waals surface area contributed by atoms with E-state index in [2.05, 4.69) is 74.7 Å². The van der Waals surface area contributed by atoms with Gasteiger partial charge in [-0.1, -0.05) is 345 Å². The number of ether oxygens (including phenoxy) is 3. The summed E-state index contributed by atoms with van der Waals surface area (Å²) in [5.41, 5.74) is 0. The van der Waals surface area contributed by atoms with Crippen molar-refractivity contribution in [3.8, 4) is 0 Å². The number of carbonyl (C=O) groups excluding carboxylic acids is 2. The summed E-state index contributed by atoms with van der Waals surface area (Å²) in [7, 11) is 0. The molecule has 1 aliphatic heterocycles. The summed E-state index contributed by atoms with van der Waals surface area (Å²) in [6.07, 6.45) is 74.2. The Labute approximate surface area is 548 Å². The highest BCUT2D eigenvalue weighted by molar-refractivity contribution is 5.80. The predicted octanol–water partition coefficient (Wildman–Crippen LogP) is 20.1. The van der Waals surface area contributed by atoms with Crippen LogP contribution in [-0.4, -0.2) is 99.6 Å². The van der Waals surface area contributed by atoms with Crippen LogP contribution < -0.4 is 5.32 Å². The van der Waals surface area contributed by atoms with Crippen molar-refractivity contribution >= 4 is 11.9 Å². The summed E-state index contributed by atoms with van der Waals surface area (Å²) in [5, 5.41) is 57.3. The maximum absolute atomic E-state index is 13.5. The molecule has 8 atom stereocenters. The zero-order valence-electron chi connectivity index (χ0n) is 58.1. The van der Waals surface area contributed by atoms with Gasteiger partial charge in [0.25, 0.3) is 0 Å². The highest BCUT2D eigenvalue weighted by Gasteiger charge is 2.47. The van der Waals surface area contributed by atoms with Crippen molar-refractivity contribution in [2.75, 3.05) is 13.2 Å². The molecule has 1 rings (SSSR count). The summed E-state index contributed by atoms with van der Waals surface area (Å²) in [6, 6.07) is -1.03. The van der Waals surface area contributed by atoms with E-state index in [0.717, 1.165) is 83.5 Å². The molecule has 11 nitrogen and oxygen atoms in total. The third-order valence-corrected chi connectivity index (χ3v) is 17.9. The first-order valence-corrected chi connectivity index (χ1v) is 38.1. The molecule has 0 aromatic heterocycles. The monoisotopic (exact) mass is 1250 g/mol. The minimum atomic E-state index is -1.61. The number of nitrogens with one attached hydrogen (secondary N) is 1. The van der Waals surface area contributed by atoms with Gasteiger partial charge < -0.3 is 45.1 Å².